The topological polar surface area (TPSA) is 38.5 Å². The van der Waals surface area contributed by atoms with Gasteiger partial charge in [0.1, 0.15) is 12.4 Å². The van der Waals surface area contributed by atoms with E-state index in [1.807, 2.05) is 40.1 Å². The van der Waals surface area contributed by atoms with Crippen molar-refractivity contribution in [2.75, 3.05) is 33.0 Å². The Kier molecular flexibility index (Phi) is 3.97. The fourth-order valence-corrected chi connectivity index (χ4v) is 1.54. The molecule has 3 heteroatoms. The van der Waals surface area contributed by atoms with E-state index < -0.39 is 0 Å². The van der Waals surface area contributed by atoms with E-state index in [0.717, 1.165) is 29.1 Å². The Hall–Kier alpha value is -1.22. The third kappa shape index (κ3) is 3.44. The van der Waals surface area contributed by atoms with Crippen LogP contribution < -0.4 is 10.5 Å². The largest absolute Gasteiger partial charge is 0.492 e. The van der Waals surface area contributed by atoms with Gasteiger partial charge in [-0.25, -0.2) is 0 Å². The number of hydrogen-bond donors (Lipinski definition) is 1. The van der Waals surface area contributed by atoms with Crippen molar-refractivity contribution in [3.8, 4) is 5.75 Å². The summed E-state index contributed by atoms with van der Waals surface area (Å²) in [6.07, 6.45) is 0. The number of nitrogen functional groups attached to an aromatic ring is 1. The highest BCUT2D eigenvalue weighted by molar-refractivity contribution is 5.52. The Bertz CT molecular complexity index is 311. The summed E-state index contributed by atoms with van der Waals surface area (Å²) in [6.45, 7) is 5.67. The number of benzene rings is 1. The number of aryl methyl sites for hydroxylation is 2. The third-order valence-corrected chi connectivity index (χ3v) is 2.27. The van der Waals surface area contributed by atoms with Gasteiger partial charge in [0, 0.05) is 12.2 Å². The Morgan fingerprint density at radius 3 is 2.20 bits per heavy atom. The normalized spacial score (nSPS) is 10.7. The molecule has 0 amide bonds. The first kappa shape index (κ1) is 11.9. The summed E-state index contributed by atoms with van der Waals surface area (Å²) in [5, 5.41) is 0. The van der Waals surface area contributed by atoms with Gasteiger partial charge in [0.05, 0.1) is 0 Å². The maximum atomic E-state index is 5.74. The van der Waals surface area contributed by atoms with Crippen LogP contribution in [0.15, 0.2) is 12.1 Å². The molecule has 0 atom stereocenters. The van der Waals surface area contributed by atoms with Crippen molar-refractivity contribution in [1.29, 1.82) is 0 Å². The number of likely N-dealkylation sites (N-methyl/N-ethyl adjacent to an activating group) is 1. The van der Waals surface area contributed by atoms with Gasteiger partial charge in [-0.1, -0.05) is 0 Å². The lowest BCUT2D eigenvalue weighted by atomic mass is 10.1. The maximum absolute atomic E-state index is 5.74. The van der Waals surface area contributed by atoms with Crippen molar-refractivity contribution in [3.05, 3.63) is 23.3 Å². The molecule has 1 aromatic carbocycles. The van der Waals surface area contributed by atoms with E-state index in [1.165, 1.54) is 0 Å². The summed E-state index contributed by atoms with van der Waals surface area (Å²) in [7, 11) is 4.07. The van der Waals surface area contributed by atoms with Gasteiger partial charge in [-0.05, 0) is 51.2 Å². The first-order valence-electron chi connectivity index (χ1n) is 5.15. The van der Waals surface area contributed by atoms with Gasteiger partial charge in [-0.3, -0.25) is 0 Å². The maximum Gasteiger partial charge on any atom is 0.125 e. The molecule has 0 aliphatic carbocycles. The minimum atomic E-state index is 0.707. The van der Waals surface area contributed by atoms with Gasteiger partial charge < -0.3 is 15.4 Å². The summed E-state index contributed by atoms with van der Waals surface area (Å²) in [4.78, 5) is 2.10. The van der Waals surface area contributed by atoms with Gasteiger partial charge in [-0.2, -0.15) is 0 Å². The predicted molar refractivity (Wildman–Crippen MR) is 64.4 cm³/mol. The second-order valence-corrected chi connectivity index (χ2v) is 4.14. The predicted octanol–water partition coefficient (Wildman–Crippen LogP) is 1.83. The Morgan fingerprint density at radius 1 is 1.20 bits per heavy atom. The SMILES string of the molecule is Cc1cc(N)cc(C)c1OCCN(C)C. The molecule has 84 valence electrons. The average Bonchev–Trinajstić information content (AvgIpc) is 2.08. The number of ether oxygens (including phenoxy) is 1. The van der Waals surface area contributed by atoms with Gasteiger partial charge in [0.25, 0.3) is 0 Å². The van der Waals surface area contributed by atoms with Crippen molar-refractivity contribution in [3.63, 3.8) is 0 Å². The summed E-state index contributed by atoms with van der Waals surface area (Å²) in [5.41, 5.74) is 8.74. The van der Waals surface area contributed by atoms with Crippen LogP contribution in [0, 0.1) is 13.8 Å². The summed E-state index contributed by atoms with van der Waals surface area (Å²) in [5.74, 6) is 0.964. The van der Waals surface area contributed by atoms with Crippen molar-refractivity contribution in [1.82, 2.24) is 4.90 Å². The molecule has 0 saturated carbocycles. The van der Waals surface area contributed by atoms with Crippen LogP contribution >= 0.6 is 0 Å². The molecule has 1 aromatic rings. The fraction of sp³-hybridized carbons (Fsp3) is 0.500. The molecule has 0 aliphatic heterocycles. The zero-order chi connectivity index (χ0) is 11.4. The zero-order valence-corrected chi connectivity index (χ0v) is 10.0. The van der Waals surface area contributed by atoms with Crippen LogP contribution in [0.2, 0.25) is 0 Å². The highest BCUT2D eigenvalue weighted by Gasteiger charge is 2.05. The quantitative estimate of drug-likeness (QED) is 0.767. The second-order valence-electron chi connectivity index (χ2n) is 4.14. The van der Waals surface area contributed by atoms with Crippen LogP contribution in [0.4, 0.5) is 5.69 Å². The molecule has 1 rings (SSSR count). The number of hydrogen-bond acceptors (Lipinski definition) is 3. The third-order valence-electron chi connectivity index (χ3n) is 2.27. The van der Waals surface area contributed by atoms with E-state index in [2.05, 4.69) is 4.90 Å². The molecular weight excluding hydrogens is 188 g/mol. The van der Waals surface area contributed by atoms with E-state index in [4.69, 9.17) is 10.5 Å². The Labute approximate surface area is 91.8 Å². The molecule has 2 N–H and O–H groups in total. The van der Waals surface area contributed by atoms with Crippen molar-refractivity contribution >= 4 is 5.69 Å². The van der Waals surface area contributed by atoms with Crippen LogP contribution in [0.3, 0.4) is 0 Å². The van der Waals surface area contributed by atoms with E-state index in [-0.39, 0.29) is 0 Å². The molecule has 0 aliphatic rings. The van der Waals surface area contributed by atoms with Crippen LogP contribution in [0.25, 0.3) is 0 Å². The second kappa shape index (κ2) is 5.03. The van der Waals surface area contributed by atoms with Gasteiger partial charge >= 0.3 is 0 Å². The number of anilines is 1. The molecule has 15 heavy (non-hydrogen) atoms. The Morgan fingerprint density at radius 2 is 1.73 bits per heavy atom. The van der Waals surface area contributed by atoms with Gasteiger partial charge in [0.15, 0.2) is 0 Å². The minimum Gasteiger partial charge on any atom is -0.492 e. The van der Waals surface area contributed by atoms with Crippen LogP contribution in [-0.2, 0) is 0 Å². The summed E-state index contributed by atoms with van der Waals surface area (Å²) >= 11 is 0. The summed E-state index contributed by atoms with van der Waals surface area (Å²) < 4.78 is 5.74. The first-order chi connectivity index (χ1) is 7.00. The molecule has 0 saturated heterocycles. The number of rotatable bonds is 4. The molecule has 0 unspecified atom stereocenters. The van der Waals surface area contributed by atoms with E-state index in [9.17, 15) is 0 Å². The average molecular weight is 208 g/mol. The molecule has 0 radical (unpaired) electrons. The lowest BCUT2D eigenvalue weighted by Crippen LogP contribution is -2.19. The lowest BCUT2D eigenvalue weighted by molar-refractivity contribution is 0.259. The number of nitrogens with zero attached hydrogens (tertiary/aromatic N) is 1. The zero-order valence-electron chi connectivity index (χ0n) is 10.0. The molecular formula is C12H20N2O. The highest BCUT2D eigenvalue weighted by Crippen LogP contribution is 2.25. The smallest absolute Gasteiger partial charge is 0.125 e. The minimum absolute atomic E-state index is 0.707. The van der Waals surface area contributed by atoms with Gasteiger partial charge in [-0.15, -0.1) is 0 Å². The lowest BCUT2D eigenvalue weighted by Gasteiger charge is -2.15. The van der Waals surface area contributed by atoms with Crippen LogP contribution in [0.5, 0.6) is 5.75 Å². The van der Waals surface area contributed by atoms with Crippen LogP contribution in [-0.4, -0.2) is 32.1 Å². The first-order valence-corrected chi connectivity index (χ1v) is 5.15. The van der Waals surface area contributed by atoms with Gasteiger partial charge in [0.2, 0.25) is 0 Å². The van der Waals surface area contributed by atoms with Crippen LogP contribution in [0.1, 0.15) is 11.1 Å². The monoisotopic (exact) mass is 208 g/mol. The molecule has 3 nitrogen and oxygen atoms in total. The fourth-order valence-electron chi connectivity index (χ4n) is 1.54. The van der Waals surface area contributed by atoms with E-state index in [0.29, 0.717) is 6.61 Å². The molecule has 0 heterocycles. The number of nitrogens with two attached hydrogens (primary N) is 1. The molecule has 0 bridgehead atoms. The molecule has 0 fully saturated rings. The summed E-state index contributed by atoms with van der Waals surface area (Å²) in [6, 6.07) is 3.88. The Balaban J connectivity index is 2.68. The van der Waals surface area contributed by atoms with Crippen molar-refractivity contribution < 1.29 is 4.74 Å². The highest BCUT2D eigenvalue weighted by atomic mass is 16.5. The van der Waals surface area contributed by atoms with E-state index in [1.54, 1.807) is 0 Å². The van der Waals surface area contributed by atoms with Crippen molar-refractivity contribution in [2.45, 2.75) is 13.8 Å². The molecule has 0 aromatic heterocycles. The van der Waals surface area contributed by atoms with Crippen molar-refractivity contribution in [2.24, 2.45) is 0 Å². The standard InChI is InChI=1S/C12H20N2O/c1-9-7-11(13)8-10(2)12(9)15-6-5-14(3)4/h7-8H,5-6,13H2,1-4H3. The van der Waals surface area contributed by atoms with E-state index >= 15 is 0 Å². The molecule has 0 spiro atoms.